The first-order valence-electron chi connectivity index (χ1n) is 9.32. The van der Waals surface area contributed by atoms with Crippen molar-refractivity contribution in [1.82, 2.24) is 9.62 Å². The van der Waals surface area contributed by atoms with Crippen molar-refractivity contribution in [3.05, 3.63) is 23.8 Å². The number of nitrogens with zero attached hydrogens (tertiary/aromatic N) is 1. The van der Waals surface area contributed by atoms with Gasteiger partial charge in [-0.15, -0.1) is 0 Å². The van der Waals surface area contributed by atoms with Gasteiger partial charge in [0.2, 0.25) is 15.9 Å². The summed E-state index contributed by atoms with van der Waals surface area (Å²) in [5.41, 5.74) is 0.853. The van der Waals surface area contributed by atoms with Gasteiger partial charge < -0.3 is 10.1 Å². The summed E-state index contributed by atoms with van der Waals surface area (Å²) in [4.78, 5) is 12.6. The normalized spacial score (nSPS) is 18.5. The van der Waals surface area contributed by atoms with Crippen LogP contribution >= 0.6 is 0 Å². The van der Waals surface area contributed by atoms with Crippen molar-refractivity contribution in [3.8, 4) is 5.75 Å². The molecule has 1 heterocycles. The molecule has 1 aromatic carbocycles. The van der Waals surface area contributed by atoms with Crippen LogP contribution in [-0.2, 0) is 14.8 Å². The van der Waals surface area contributed by atoms with Crippen LogP contribution in [0.5, 0.6) is 5.75 Å². The van der Waals surface area contributed by atoms with Crippen LogP contribution in [0.15, 0.2) is 23.1 Å². The number of benzene rings is 1. The molecular weight excluding hydrogens is 352 g/mol. The highest BCUT2D eigenvalue weighted by atomic mass is 32.2. The molecule has 6 nitrogen and oxygen atoms in total. The van der Waals surface area contributed by atoms with Gasteiger partial charge in [-0.25, -0.2) is 8.42 Å². The van der Waals surface area contributed by atoms with Gasteiger partial charge in [0, 0.05) is 19.6 Å². The topological polar surface area (TPSA) is 75.7 Å². The standard InChI is InChI=1S/C19H30N2O4S/c1-4-5-6-11-20-19(22)16-8-7-12-21(14-16)26(23,24)18-13-15(2)9-10-17(18)25-3/h9-10,13,16H,4-8,11-12,14H2,1-3H3,(H,20,22)/t16-/m1/s1. The molecule has 1 fully saturated rings. The number of sulfonamides is 1. The molecule has 0 radical (unpaired) electrons. The zero-order chi connectivity index (χ0) is 19.2. The molecule has 1 aliphatic rings. The van der Waals surface area contributed by atoms with Crippen molar-refractivity contribution in [2.24, 2.45) is 5.92 Å². The van der Waals surface area contributed by atoms with E-state index in [1.54, 1.807) is 12.1 Å². The van der Waals surface area contributed by atoms with Crippen molar-refractivity contribution >= 4 is 15.9 Å². The van der Waals surface area contributed by atoms with Crippen LogP contribution in [0.1, 0.15) is 44.6 Å². The van der Waals surface area contributed by atoms with Crippen molar-refractivity contribution in [2.45, 2.75) is 50.8 Å². The van der Waals surface area contributed by atoms with Gasteiger partial charge in [0.05, 0.1) is 13.0 Å². The third-order valence-electron chi connectivity index (χ3n) is 4.77. The highest BCUT2D eigenvalue weighted by molar-refractivity contribution is 7.89. The van der Waals surface area contributed by atoms with Crippen molar-refractivity contribution in [3.63, 3.8) is 0 Å². The molecule has 0 unspecified atom stereocenters. The summed E-state index contributed by atoms with van der Waals surface area (Å²) in [5, 5.41) is 2.95. The van der Waals surface area contributed by atoms with Gasteiger partial charge in [-0.05, 0) is 43.9 Å². The van der Waals surface area contributed by atoms with Crippen molar-refractivity contribution in [2.75, 3.05) is 26.7 Å². The number of rotatable bonds is 8. The van der Waals surface area contributed by atoms with E-state index in [1.807, 2.05) is 13.0 Å². The number of aryl methyl sites for hydroxylation is 1. The molecule has 1 aromatic rings. The Hall–Kier alpha value is -1.60. The molecular formula is C19H30N2O4S. The third kappa shape index (κ3) is 4.98. The molecule has 1 atom stereocenters. The van der Waals surface area contributed by atoms with Gasteiger partial charge in [0.15, 0.2) is 0 Å². The van der Waals surface area contributed by atoms with Crippen LogP contribution in [-0.4, -0.2) is 45.4 Å². The zero-order valence-electron chi connectivity index (χ0n) is 16.0. The fraction of sp³-hybridized carbons (Fsp3) is 0.632. The van der Waals surface area contributed by atoms with E-state index in [1.165, 1.54) is 11.4 Å². The summed E-state index contributed by atoms with van der Waals surface area (Å²) < 4.78 is 32.9. The van der Waals surface area contributed by atoms with E-state index >= 15 is 0 Å². The second-order valence-electron chi connectivity index (χ2n) is 6.85. The van der Waals surface area contributed by atoms with E-state index in [4.69, 9.17) is 4.74 Å². The largest absolute Gasteiger partial charge is 0.495 e. The van der Waals surface area contributed by atoms with Gasteiger partial charge in [0.25, 0.3) is 0 Å². The van der Waals surface area contributed by atoms with E-state index in [0.717, 1.165) is 31.2 Å². The van der Waals surface area contributed by atoms with Gasteiger partial charge >= 0.3 is 0 Å². The lowest BCUT2D eigenvalue weighted by Crippen LogP contribution is -2.45. The quantitative estimate of drug-likeness (QED) is 0.702. The fourth-order valence-electron chi connectivity index (χ4n) is 3.23. The maximum absolute atomic E-state index is 13.1. The molecule has 1 amide bonds. The Morgan fingerprint density at radius 1 is 1.35 bits per heavy atom. The molecule has 1 N–H and O–H groups in total. The van der Waals surface area contributed by atoms with Gasteiger partial charge in [-0.2, -0.15) is 4.31 Å². The molecule has 2 rings (SSSR count). The minimum atomic E-state index is -3.69. The maximum atomic E-state index is 13.1. The van der Waals surface area contributed by atoms with Gasteiger partial charge in [-0.1, -0.05) is 25.8 Å². The smallest absolute Gasteiger partial charge is 0.246 e. The maximum Gasteiger partial charge on any atom is 0.246 e. The minimum absolute atomic E-state index is 0.0442. The first-order valence-corrected chi connectivity index (χ1v) is 10.8. The number of carbonyl (C=O) groups is 1. The van der Waals surface area contributed by atoms with Crippen LogP contribution in [0.3, 0.4) is 0 Å². The van der Waals surface area contributed by atoms with E-state index in [0.29, 0.717) is 25.3 Å². The Morgan fingerprint density at radius 3 is 2.81 bits per heavy atom. The monoisotopic (exact) mass is 382 g/mol. The average molecular weight is 383 g/mol. The molecule has 0 saturated carbocycles. The first-order chi connectivity index (χ1) is 12.4. The average Bonchev–Trinajstić information content (AvgIpc) is 2.65. The molecule has 0 aliphatic carbocycles. The molecule has 1 saturated heterocycles. The van der Waals surface area contributed by atoms with Crippen molar-refractivity contribution < 1.29 is 17.9 Å². The Bertz CT molecular complexity index is 718. The minimum Gasteiger partial charge on any atom is -0.495 e. The lowest BCUT2D eigenvalue weighted by atomic mass is 9.99. The number of amides is 1. The number of ether oxygens (including phenoxy) is 1. The highest BCUT2D eigenvalue weighted by Gasteiger charge is 2.34. The number of nitrogens with one attached hydrogen (secondary N) is 1. The fourth-order valence-corrected chi connectivity index (χ4v) is 4.99. The Kier molecular flexibility index (Phi) is 7.46. The number of piperidine rings is 1. The predicted octanol–water partition coefficient (Wildman–Crippen LogP) is 2.71. The number of hydrogen-bond acceptors (Lipinski definition) is 4. The van der Waals surface area contributed by atoms with Crippen LogP contribution in [0.4, 0.5) is 0 Å². The van der Waals surface area contributed by atoms with Crippen molar-refractivity contribution in [1.29, 1.82) is 0 Å². The Balaban J connectivity index is 2.10. The summed E-state index contributed by atoms with van der Waals surface area (Å²) in [7, 11) is -2.23. The molecule has 1 aliphatic heterocycles. The van der Waals surface area contributed by atoms with Gasteiger partial charge in [-0.3, -0.25) is 4.79 Å². The van der Waals surface area contributed by atoms with Crippen LogP contribution in [0.25, 0.3) is 0 Å². The zero-order valence-corrected chi connectivity index (χ0v) is 16.8. The second-order valence-corrected chi connectivity index (χ2v) is 8.76. The summed E-state index contributed by atoms with van der Waals surface area (Å²) in [6.45, 7) is 5.27. The van der Waals surface area contributed by atoms with Crippen LogP contribution in [0, 0.1) is 12.8 Å². The second kappa shape index (κ2) is 9.37. The molecule has 146 valence electrons. The number of methoxy groups -OCH3 is 1. The summed E-state index contributed by atoms with van der Waals surface area (Å²) in [6.07, 6.45) is 4.54. The third-order valence-corrected chi connectivity index (χ3v) is 6.66. The van der Waals surface area contributed by atoms with Crippen LogP contribution in [0.2, 0.25) is 0 Å². The number of hydrogen-bond donors (Lipinski definition) is 1. The Labute approximate surface area is 157 Å². The van der Waals surface area contributed by atoms with E-state index < -0.39 is 10.0 Å². The van der Waals surface area contributed by atoms with E-state index in [9.17, 15) is 13.2 Å². The predicted molar refractivity (Wildman–Crippen MR) is 102 cm³/mol. The lowest BCUT2D eigenvalue weighted by Gasteiger charge is -2.31. The molecule has 0 aromatic heterocycles. The lowest BCUT2D eigenvalue weighted by molar-refractivity contribution is -0.126. The Morgan fingerprint density at radius 2 is 2.12 bits per heavy atom. The molecule has 0 bridgehead atoms. The molecule has 0 spiro atoms. The summed E-state index contributed by atoms with van der Waals surface area (Å²) in [6, 6.07) is 5.12. The molecule has 26 heavy (non-hydrogen) atoms. The van der Waals surface area contributed by atoms with Gasteiger partial charge in [0.1, 0.15) is 10.6 Å². The van der Waals surface area contributed by atoms with E-state index in [2.05, 4.69) is 12.2 Å². The first kappa shape index (κ1) is 20.7. The highest BCUT2D eigenvalue weighted by Crippen LogP contribution is 2.30. The summed E-state index contributed by atoms with van der Waals surface area (Å²) in [5.74, 6) is -0.00472. The number of carbonyl (C=O) groups excluding carboxylic acids is 1. The number of unbranched alkanes of at least 4 members (excludes halogenated alkanes) is 2. The van der Waals surface area contributed by atoms with Crippen LogP contribution < -0.4 is 10.1 Å². The van der Waals surface area contributed by atoms with E-state index in [-0.39, 0.29) is 23.3 Å². The summed E-state index contributed by atoms with van der Waals surface area (Å²) >= 11 is 0. The molecule has 7 heteroatoms. The SMILES string of the molecule is CCCCCNC(=O)[C@@H]1CCCN(S(=O)(=O)c2cc(C)ccc2OC)C1.